The number of ether oxygens (including phenoxy) is 1. The van der Waals surface area contributed by atoms with Gasteiger partial charge < -0.3 is 9.64 Å². The van der Waals surface area contributed by atoms with Gasteiger partial charge in [0, 0.05) is 56.3 Å². The van der Waals surface area contributed by atoms with E-state index in [1.807, 2.05) is 29.5 Å². The highest BCUT2D eigenvalue weighted by Gasteiger charge is 2.30. The van der Waals surface area contributed by atoms with E-state index in [0.29, 0.717) is 5.92 Å². The predicted molar refractivity (Wildman–Crippen MR) is 103 cm³/mol. The molecule has 1 unspecified atom stereocenters. The van der Waals surface area contributed by atoms with Crippen LogP contribution in [0.25, 0.3) is 5.65 Å². The lowest BCUT2D eigenvalue weighted by atomic mass is 10.0. The predicted octanol–water partition coefficient (Wildman–Crippen LogP) is 1.84. The second kappa shape index (κ2) is 7.56. The van der Waals surface area contributed by atoms with Crippen molar-refractivity contribution in [3.05, 3.63) is 29.2 Å². The Morgan fingerprint density at radius 2 is 2.07 bits per heavy atom. The molecule has 2 aliphatic rings. The third-order valence-corrected chi connectivity index (χ3v) is 5.74. The number of fused-ring (bicyclic) bond motifs is 1. The van der Waals surface area contributed by atoms with E-state index in [9.17, 15) is 4.79 Å². The minimum Gasteiger partial charge on any atom is -0.379 e. The molecule has 1 atom stereocenters. The van der Waals surface area contributed by atoms with Crippen LogP contribution in [0.15, 0.2) is 12.3 Å². The molecule has 2 aromatic heterocycles. The molecule has 0 N–H and O–H groups in total. The fourth-order valence-corrected chi connectivity index (χ4v) is 4.16. The SMILES string of the molecule is Cc1nn2c(C3CCN(C(=O)C(C)C)C3)ccnc2c1CN1CCOCC1. The van der Waals surface area contributed by atoms with Crippen LogP contribution >= 0.6 is 0 Å². The lowest BCUT2D eigenvalue weighted by molar-refractivity contribution is -0.133. The number of hydrogen-bond donors (Lipinski definition) is 0. The van der Waals surface area contributed by atoms with E-state index in [4.69, 9.17) is 9.84 Å². The fraction of sp³-hybridized carbons (Fsp3) is 0.650. The first-order valence-corrected chi connectivity index (χ1v) is 9.96. The number of aromatic nitrogens is 3. The van der Waals surface area contributed by atoms with E-state index in [1.54, 1.807) is 0 Å². The van der Waals surface area contributed by atoms with Gasteiger partial charge in [-0.05, 0) is 19.4 Å². The average Bonchev–Trinajstić information content (AvgIpc) is 3.27. The number of aryl methyl sites for hydroxylation is 1. The van der Waals surface area contributed by atoms with Crippen molar-refractivity contribution in [2.45, 2.75) is 39.7 Å². The van der Waals surface area contributed by atoms with Crippen molar-refractivity contribution >= 4 is 11.6 Å². The molecule has 7 heteroatoms. The van der Waals surface area contributed by atoms with Crippen LogP contribution in [0, 0.1) is 12.8 Å². The molecule has 146 valence electrons. The van der Waals surface area contributed by atoms with E-state index in [1.165, 1.54) is 5.56 Å². The Bertz CT molecular complexity index is 825. The van der Waals surface area contributed by atoms with Gasteiger partial charge in [-0.2, -0.15) is 5.10 Å². The molecule has 2 aliphatic heterocycles. The van der Waals surface area contributed by atoms with E-state index in [2.05, 4.69) is 22.9 Å². The fourth-order valence-electron chi connectivity index (χ4n) is 4.16. The van der Waals surface area contributed by atoms with Crippen molar-refractivity contribution in [1.82, 2.24) is 24.4 Å². The Morgan fingerprint density at radius 3 is 2.81 bits per heavy atom. The van der Waals surface area contributed by atoms with Gasteiger partial charge in [-0.1, -0.05) is 13.8 Å². The van der Waals surface area contributed by atoms with Gasteiger partial charge in [0.1, 0.15) is 0 Å². The molecule has 2 aromatic rings. The number of morpholine rings is 1. The quantitative estimate of drug-likeness (QED) is 0.821. The highest BCUT2D eigenvalue weighted by Crippen LogP contribution is 2.29. The third-order valence-electron chi connectivity index (χ3n) is 5.74. The van der Waals surface area contributed by atoms with Crippen LogP contribution in [-0.4, -0.2) is 69.7 Å². The van der Waals surface area contributed by atoms with Gasteiger partial charge in [-0.3, -0.25) is 9.69 Å². The zero-order valence-corrected chi connectivity index (χ0v) is 16.5. The minimum atomic E-state index is 0.0493. The maximum absolute atomic E-state index is 12.3. The molecule has 4 heterocycles. The van der Waals surface area contributed by atoms with Gasteiger partial charge in [0.25, 0.3) is 0 Å². The van der Waals surface area contributed by atoms with Crippen LogP contribution in [0.2, 0.25) is 0 Å². The molecule has 0 aliphatic carbocycles. The zero-order chi connectivity index (χ0) is 19.0. The third kappa shape index (κ3) is 3.58. The Balaban J connectivity index is 1.60. The Labute approximate surface area is 160 Å². The van der Waals surface area contributed by atoms with Crippen molar-refractivity contribution < 1.29 is 9.53 Å². The van der Waals surface area contributed by atoms with Crippen LogP contribution in [-0.2, 0) is 16.1 Å². The highest BCUT2D eigenvalue weighted by atomic mass is 16.5. The van der Waals surface area contributed by atoms with Gasteiger partial charge in [0.05, 0.1) is 24.6 Å². The van der Waals surface area contributed by atoms with E-state index in [-0.39, 0.29) is 11.8 Å². The van der Waals surface area contributed by atoms with Crippen LogP contribution in [0.3, 0.4) is 0 Å². The number of amides is 1. The summed E-state index contributed by atoms with van der Waals surface area (Å²) in [6, 6.07) is 2.06. The molecule has 1 amide bonds. The van der Waals surface area contributed by atoms with Gasteiger partial charge in [0.2, 0.25) is 5.91 Å². The van der Waals surface area contributed by atoms with Crippen molar-refractivity contribution in [1.29, 1.82) is 0 Å². The monoisotopic (exact) mass is 371 g/mol. The molecule has 4 rings (SSSR count). The van der Waals surface area contributed by atoms with Crippen LogP contribution in [0.5, 0.6) is 0 Å². The smallest absolute Gasteiger partial charge is 0.225 e. The zero-order valence-electron chi connectivity index (χ0n) is 16.5. The van der Waals surface area contributed by atoms with Crippen molar-refractivity contribution in [3.63, 3.8) is 0 Å². The maximum atomic E-state index is 12.3. The summed E-state index contributed by atoms with van der Waals surface area (Å²) in [6.45, 7) is 11.9. The summed E-state index contributed by atoms with van der Waals surface area (Å²) in [7, 11) is 0. The molecule has 0 saturated carbocycles. The molecular formula is C20H29N5O2. The topological polar surface area (TPSA) is 63.0 Å². The highest BCUT2D eigenvalue weighted by molar-refractivity contribution is 5.78. The lowest BCUT2D eigenvalue weighted by Crippen LogP contribution is -2.35. The Kier molecular flexibility index (Phi) is 5.14. The van der Waals surface area contributed by atoms with Crippen LogP contribution in [0.1, 0.15) is 43.1 Å². The van der Waals surface area contributed by atoms with Crippen LogP contribution < -0.4 is 0 Å². The number of hydrogen-bond acceptors (Lipinski definition) is 5. The maximum Gasteiger partial charge on any atom is 0.225 e. The molecule has 2 saturated heterocycles. The minimum absolute atomic E-state index is 0.0493. The van der Waals surface area contributed by atoms with Gasteiger partial charge in [0.15, 0.2) is 5.65 Å². The second-order valence-corrected chi connectivity index (χ2v) is 7.98. The summed E-state index contributed by atoms with van der Waals surface area (Å²) in [5, 5.41) is 4.82. The van der Waals surface area contributed by atoms with Crippen molar-refractivity contribution in [3.8, 4) is 0 Å². The summed E-state index contributed by atoms with van der Waals surface area (Å²) in [6.07, 6.45) is 2.87. The number of carbonyl (C=O) groups is 1. The first-order chi connectivity index (χ1) is 13.0. The number of rotatable bonds is 4. The molecule has 27 heavy (non-hydrogen) atoms. The number of likely N-dealkylation sites (tertiary alicyclic amines) is 1. The molecule has 0 spiro atoms. The van der Waals surface area contributed by atoms with Crippen LogP contribution in [0.4, 0.5) is 0 Å². The molecule has 0 radical (unpaired) electrons. The lowest BCUT2D eigenvalue weighted by Gasteiger charge is -2.26. The first kappa shape index (κ1) is 18.4. The molecule has 7 nitrogen and oxygen atoms in total. The summed E-state index contributed by atoms with van der Waals surface area (Å²) in [5.74, 6) is 0.606. The number of nitrogens with zero attached hydrogens (tertiary/aromatic N) is 5. The van der Waals surface area contributed by atoms with Gasteiger partial charge >= 0.3 is 0 Å². The van der Waals surface area contributed by atoms with Gasteiger partial charge in [-0.25, -0.2) is 9.50 Å². The molecular weight excluding hydrogens is 342 g/mol. The normalized spacial score (nSPS) is 21.5. The molecule has 0 bridgehead atoms. The average molecular weight is 371 g/mol. The summed E-state index contributed by atoms with van der Waals surface area (Å²) >= 11 is 0. The van der Waals surface area contributed by atoms with Crippen molar-refractivity contribution in [2.75, 3.05) is 39.4 Å². The van der Waals surface area contributed by atoms with E-state index < -0.39 is 0 Å². The summed E-state index contributed by atoms with van der Waals surface area (Å²) in [4.78, 5) is 21.4. The Morgan fingerprint density at radius 1 is 1.30 bits per heavy atom. The van der Waals surface area contributed by atoms with Crippen molar-refractivity contribution in [2.24, 2.45) is 5.92 Å². The Hall–Kier alpha value is -1.99. The first-order valence-electron chi connectivity index (χ1n) is 9.96. The standard InChI is InChI=1S/C20H29N5O2/c1-14(2)20(26)24-7-5-16(12-24)18-4-6-21-19-17(15(3)22-25(18)19)13-23-8-10-27-11-9-23/h4,6,14,16H,5,7-13H2,1-3H3. The largest absolute Gasteiger partial charge is 0.379 e. The molecule has 0 aromatic carbocycles. The summed E-state index contributed by atoms with van der Waals surface area (Å²) in [5.41, 5.74) is 4.35. The number of carbonyl (C=O) groups excluding carboxylic acids is 1. The van der Waals surface area contributed by atoms with Gasteiger partial charge in [-0.15, -0.1) is 0 Å². The second-order valence-electron chi connectivity index (χ2n) is 7.98. The van der Waals surface area contributed by atoms with E-state index >= 15 is 0 Å². The molecule has 2 fully saturated rings. The van der Waals surface area contributed by atoms with E-state index in [0.717, 1.165) is 69.4 Å². The summed E-state index contributed by atoms with van der Waals surface area (Å²) < 4.78 is 7.47.